The molecule has 2 unspecified atom stereocenters. The Kier molecular flexibility index (Phi) is 8.55. The van der Waals surface area contributed by atoms with Gasteiger partial charge in [-0.05, 0) is 16.8 Å². The predicted octanol–water partition coefficient (Wildman–Crippen LogP) is 3.69. The van der Waals surface area contributed by atoms with Crippen LogP contribution in [0.5, 0.6) is 0 Å². The topological polar surface area (TPSA) is 0 Å². The molecule has 0 saturated heterocycles. The average Bonchev–Trinajstić information content (AvgIpc) is 1.82. The minimum absolute atomic E-state index is 0.842. The van der Waals surface area contributed by atoms with Crippen LogP contribution in [0.15, 0.2) is 0 Å². The van der Waals surface area contributed by atoms with Crippen LogP contribution >= 0.6 is 67.8 Å². The Morgan fingerprint density at radius 2 is 1.89 bits per heavy atom. The van der Waals surface area contributed by atoms with Gasteiger partial charge in [-0.2, -0.15) is 0 Å². The van der Waals surface area contributed by atoms with E-state index < -0.39 is 0 Å². The van der Waals surface area contributed by atoms with Crippen molar-refractivity contribution in [2.75, 3.05) is 8.86 Å². The third-order valence-corrected chi connectivity index (χ3v) is 4.10. The molecule has 0 N–H and O–H groups in total. The summed E-state index contributed by atoms with van der Waals surface area (Å²) in [5.74, 6) is 0.933. The lowest BCUT2D eigenvalue weighted by atomic mass is 10.1. The standard InChI is InChI=1S/C6H11I3/c1-5(9)6(4-8)2-3-7/h5-6H,2-4H2,1H3. The van der Waals surface area contributed by atoms with Crippen LogP contribution in [0, 0.1) is 5.92 Å². The molecule has 0 fully saturated rings. The van der Waals surface area contributed by atoms with Gasteiger partial charge in [0.25, 0.3) is 0 Å². The van der Waals surface area contributed by atoms with Gasteiger partial charge < -0.3 is 0 Å². The molecule has 0 aromatic heterocycles. The zero-order chi connectivity index (χ0) is 7.28. The molecule has 0 spiro atoms. The van der Waals surface area contributed by atoms with E-state index in [0.29, 0.717) is 0 Å². The van der Waals surface area contributed by atoms with Gasteiger partial charge in [0.2, 0.25) is 0 Å². The maximum atomic E-state index is 2.52. The molecule has 0 amide bonds. The molecule has 56 valence electrons. The van der Waals surface area contributed by atoms with E-state index in [2.05, 4.69) is 74.7 Å². The number of halogens is 3. The fourth-order valence-corrected chi connectivity index (χ4v) is 4.16. The van der Waals surface area contributed by atoms with Crippen molar-refractivity contribution < 1.29 is 0 Å². The second-order valence-electron chi connectivity index (χ2n) is 2.07. The zero-order valence-electron chi connectivity index (χ0n) is 5.41. The van der Waals surface area contributed by atoms with E-state index in [1.165, 1.54) is 15.3 Å². The van der Waals surface area contributed by atoms with Crippen molar-refractivity contribution >= 4 is 67.8 Å². The monoisotopic (exact) mass is 464 g/mol. The van der Waals surface area contributed by atoms with Gasteiger partial charge in [-0.3, -0.25) is 0 Å². The second kappa shape index (κ2) is 6.87. The molecule has 3 heteroatoms. The molecule has 0 saturated carbocycles. The van der Waals surface area contributed by atoms with E-state index in [1.54, 1.807) is 0 Å². The van der Waals surface area contributed by atoms with Gasteiger partial charge in [0.05, 0.1) is 0 Å². The van der Waals surface area contributed by atoms with E-state index >= 15 is 0 Å². The summed E-state index contributed by atoms with van der Waals surface area (Å²) in [5, 5.41) is 0. The molecule has 0 aromatic rings. The summed E-state index contributed by atoms with van der Waals surface area (Å²) in [6, 6.07) is 0. The third-order valence-electron chi connectivity index (χ3n) is 1.33. The van der Waals surface area contributed by atoms with Gasteiger partial charge in [0.15, 0.2) is 0 Å². The van der Waals surface area contributed by atoms with Gasteiger partial charge in [0.1, 0.15) is 0 Å². The fourth-order valence-electron chi connectivity index (χ4n) is 0.570. The van der Waals surface area contributed by atoms with Crippen LogP contribution in [-0.4, -0.2) is 12.8 Å². The molecule has 0 aliphatic carbocycles. The maximum absolute atomic E-state index is 2.52. The fraction of sp³-hybridized carbons (Fsp3) is 1.00. The van der Waals surface area contributed by atoms with Crippen molar-refractivity contribution in [3.63, 3.8) is 0 Å². The van der Waals surface area contributed by atoms with Crippen molar-refractivity contribution in [2.24, 2.45) is 5.92 Å². The van der Waals surface area contributed by atoms with Crippen LogP contribution in [0.2, 0.25) is 0 Å². The molecule has 9 heavy (non-hydrogen) atoms. The smallest absolute Gasteiger partial charge is 0.0117 e. The van der Waals surface area contributed by atoms with Crippen molar-refractivity contribution in [2.45, 2.75) is 17.3 Å². The Labute approximate surface area is 98.3 Å². The highest BCUT2D eigenvalue weighted by Crippen LogP contribution is 2.20. The van der Waals surface area contributed by atoms with Crippen LogP contribution in [0.4, 0.5) is 0 Å². The first-order valence-electron chi connectivity index (χ1n) is 2.98. The second-order valence-corrected chi connectivity index (χ2v) is 5.99. The van der Waals surface area contributed by atoms with Gasteiger partial charge in [0, 0.05) is 8.35 Å². The Balaban J connectivity index is 3.41. The van der Waals surface area contributed by atoms with Gasteiger partial charge >= 0.3 is 0 Å². The van der Waals surface area contributed by atoms with Gasteiger partial charge in [-0.1, -0.05) is 74.7 Å². The number of rotatable bonds is 4. The van der Waals surface area contributed by atoms with Crippen LogP contribution in [0.1, 0.15) is 13.3 Å². The maximum Gasteiger partial charge on any atom is 0.0117 e. The lowest BCUT2D eigenvalue weighted by molar-refractivity contribution is 0.599. The van der Waals surface area contributed by atoms with Crippen molar-refractivity contribution in [1.82, 2.24) is 0 Å². The molecule has 0 aliphatic rings. The van der Waals surface area contributed by atoms with Gasteiger partial charge in [-0.25, -0.2) is 0 Å². The number of hydrogen-bond donors (Lipinski definition) is 0. The first kappa shape index (κ1) is 11.2. The zero-order valence-corrected chi connectivity index (χ0v) is 11.9. The minimum atomic E-state index is 0.842. The molecule has 0 radical (unpaired) electrons. The molecule has 0 heterocycles. The van der Waals surface area contributed by atoms with Crippen molar-refractivity contribution in [3.8, 4) is 0 Å². The normalized spacial score (nSPS) is 17.3. The number of hydrogen-bond acceptors (Lipinski definition) is 0. The highest BCUT2D eigenvalue weighted by molar-refractivity contribution is 14.1. The van der Waals surface area contributed by atoms with Gasteiger partial charge in [-0.15, -0.1) is 0 Å². The van der Waals surface area contributed by atoms with Crippen LogP contribution in [-0.2, 0) is 0 Å². The molecule has 2 atom stereocenters. The SMILES string of the molecule is CC(I)C(CI)CCI. The lowest BCUT2D eigenvalue weighted by Crippen LogP contribution is -2.12. The highest BCUT2D eigenvalue weighted by atomic mass is 127. The summed E-state index contributed by atoms with van der Waals surface area (Å²) in [7, 11) is 0. The highest BCUT2D eigenvalue weighted by Gasteiger charge is 2.10. The Bertz CT molecular complexity index is 63.3. The Morgan fingerprint density at radius 1 is 1.33 bits per heavy atom. The summed E-state index contributed by atoms with van der Waals surface area (Å²) in [6.45, 7) is 2.30. The minimum Gasteiger partial charge on any atom is -0.0864 e. The molecule has 0 aliphatic heterocycles. The van der Waals surface area contributed by atoms with Crippen molar-refractivity contribution in [3.05, 3.63) is 0 Å². The largest absolute Gasteiger partial charge is 0.0864 e. The third kappa shape index (κ3) is 5.46. The molecule has 0 nitrogen and oxygen atoms in total. The summed E-state index contributed by atoms with van der Waals surface area (Å²) in [6.07, 6.45) is 1.38. The van der Waals surface area contributed by atoms with Crippen LogP contribution in [0.3, 0.4) is 0 Å². The number of alkyl halides is 3. The Hall–Kier alpha value is 2.19. The van der Waals surface area contributed by atoms with Crippen LogP contribution < -0.4 is 0 Å². The van der Waals surface area contributed by atoms with E-state index in [1.807, 2.05) is 0 Å². The van der Waals surface area contributed by atoms with E-state index in [9.17, 15) is 0 Å². The van der Waals surface area contributed by atoms with Crippen molar-refractivity contribution in [1.29, 1.82) is 0 Å². The summed E-state index contributed by atoms with van der Waals surface area (Å²) < 4.78 is 3.46. The average molecular weight is 464 g/mol. The Morgan fingerprint density at radius 3 is 2.00 bits per heavy atom. The quantitative estimate of drug-likeness (QED) is 0.441. The van der Waals surface area contributed by atoms with E-state index in [0.717, 1.165) is 9.84 Å². The molecular weight excluding hydrogens is 453 g/mol. The van der Waals surface area contributed by atoms with Crippen LogP contribution in [0.25, 0.3) is 0 Å². The molecule has 0 aromatic carbocycles. The lowest BCUT2D eigenvalue weighted by Gasteiger charge is -2.14. The predicted molar refractivity (Wildman–Crippen MR) is 69.4 cm³/mol. The molecule has 0 bridgehead atoms. The molecule has 0 rings (SSSR count). The summed E-state index contributed by atoms with van der Waals surface area (Å²) in [5.41, 5.74) is 0. The summed E-state index contributed by atoms with van der Waals surface area (Å²) in [4.78, 5) is 0. The molecular formula is C6H11I3. The first-order valence-corrected chi connectivity index (χ1v) is 7.28. The van der Waals surface area contributed by atoms with E-state index in [4.69, 9.17) is 0 Å². The first-order chi connectivity index (χ1) is 4.22. The summed E-state index contributed by atoms with van der Waals surface area (Å²) >= 11 is 7.45. The van der Waals surface area contributed by atoms with E-state index in [-0.39, 0.29) is 0 Å².